The third-order valence-corrected chi connectivity index (χ3v) is 8.59. The van der Waals surface area contributed by atoms with E-state index in [0.717, 1.165) is 4.31 Å². The van der Waals surface area contributed by atoms with Crippen molar-refractivity contribution in [3.63, 3.8) is 0 Å². The topological polar surface area (TPSA) is 96.0 Å². The predicted octanol–water partition coefficient (Wildman–Crippen LogP) is 5.14. The summed E-state index contributed by atoms with van der Waals surface area (Å²) in [6.45, 7) is 3.26. The first-order valence-corrected chi connectivity index (χ1v) is 14.6. The van der Waals surface area contributed by atoms with E-state index >= 15 is 0 Å². The van der Waals surface area contributed by atoms with Crippen LogP contribution in [0, 0.1) is 0 Å². The lowest BCUT2D eigenvalue weighted by molar-refractivity contribution is -0.140. The van der Waals surface area contributed by atoms with E-state index in [0.29, 0.717) is 27.9 Å². The highest BCUT2D eigenvalue weighted by Gasteiger charge is 2.34. The predicted molar refractivity (Wildman–Crippen MR) is 154 cm³/mol. The zero-order valence-electron chi connectivity index (χ0n) is 21.9. The molecule has 0 saturated carbocycles. The Morgan fingerprint density at radius 2 is 1.54 bits per heavy atom. The lowest BCUT2D eigenvalue weighted by Gasteiger charge is -2.33. The number of amides is 2. The van der Waals surface area contributed by atoms with Gasteiger partial charge in [0.2, 0.25) is 11.8 Å². The third-order valence-electron chi connectivity index (χ3n) is 6.10. The minimum absolute atomic E-state index is 0.0186. The van der Waals surface area contributed by atoms with Gasteiger partial charge in [-0.1, -0.05) is 54.4 Å². The van der Waals surface area contributed by atoms with Gasteiger partial charge in [0.15, 0.2) is 0 Å². The molecule has 39 heavy (non-hydrogen) atoms. The number of benzene rings is 3. The number of ether oxygens (including phenoxy) is 1. The van der Waals surface area contributed by atoms with Gasteiger partial charge in [-0.2, -0.15) is 0 Å². The number of anilines is 1. The molecule has 0 fully saturated rings. The molecule has 1 atom stereocenters. The van der Waals surface area contributed by atoms with Crippen LogP contribution in [0.4, 0.5) is 5.69 Å². The molecule has 0 heterocycles. The van der Waals surface area contributed by atoms with E-state index in [9.17, 15) is 18.0 Å². The van der Waals surface area contributed by atoms with Crippen LogP contribution in [-0.2, 0) is 26.2 Å². The molecule has 0 aliphatic rings. The quantitative estimate of drug-likeness (QED) is 0.314. The summed E-state index contributed by atoms with van der Waals surface area (Å²) in [7, 11) is -2.66. The van der Waals surface area contributed by atoms with Crippen molar-refractivity contribution >= 4 is 50.7 Å². The molecule has 3 rings (SSSR count). The van der Waals surface area contributed by atoms with E-state index in [1.807, 2.05) is 0 Å². The number of nitrogens with one attached hydrogen (secondary N) is 1. The molecule has 1 N–H and O–H groups in total. The number of methoxy groups -OCH3 is 1. The molecule has 0 aromatic heterocycles. The molecule has 3 aromatic rings. The van der Waals surface area contributed by atoms with Gasteiger partial charge in [-0.3, -0.25) is 13.9 Å². The third kappa shape index (κ3) is 7.23. The highest BCUT2D eigenvalue weighted by molar-refractivity contribution is 7.92. The van der Waals surface area contributed by atoms with Crippen LogP contribution in [0.3, 0.4) is 0 Å². The van der Waals surface area contributed by atoms with Crippen LogP contribution in [-0.4, -0.2) is 51.4 Å². The van der Waals surface area contributed by atoms with Crippen LogP contribution < -0.4 is 14.4 Å². The van der Waals surface area contributed by atoms with E-state index in [-0.39, 0.29) is 29.5 Å². The number of likely N-dealkylation sites (N-methyl/N-ethyl adjacent to an activating group) is 1. The van der Waals surface area contributed by atoms with Crippen molar-refractivity contribution in [1.82, 2.24) is 10.2 Å². The van der Waals surface area contributed by atoms with Gasteiger partial charge in [-0.15, -0.1) is 0 Å². The van der Waals surface area contributed by atoms with Crippen molar-refractivity contribution in [2.24, 2.45) is 0 Å². The highest BCUT2D eigenvalue weighted by atomic mass is 35.5. The second-order valence-corrected chi connectivity index (χ2v) is 11.2. The van der Waals surface area contributed by atoms with Gasteiger partial charge in [0.05, 0.1) is 17.7 Å². The fourth-order valence-corrected chi connectivity index (χ4v) is 6.01. The molecule has 11 heteroatoms. The summed E-state index contributed by atoms with van der Waals surface area (Å²) in [5.74, 6) is -0.433. The summed E-state index contributed by atoms with van der Waals surface area (Å²) in [6, 6.07) is 18.2. The molecule has 2 amide bonds. The maximum atomic E-state index is 14.0. The maximum Gasteiger partial charge on any atom is 0.264 e. The number of hydrogen-bond donors (Lipinski definition) is 1. The van der Waals surface area contributed by atoms with Crippen molar-refractivity contribution in [2.75, 3.05) is 24.5 Å². The van der Waals surface area contributed by atoms with E-state index < -0.39 is 28.5 Å². The van der Waals surface area contributed by atoms with Gasteiger partial charge in [-0.05, 0) is 61.9 Å². The van der Waals surface area contributed by atoms with Crippen LogP contribution in [0.25, 0.3) is 0 Å². The number of carbonyl (C=O) groups is 2. The fourth-order valence-electron chi connectivity index (χ4n) is 4.06. The summed E-state index contributed by atoms with van der Waals surface area (Å²) < 4.78 is 33.8. The Kier molecular flexibility index (Phi) is 10.6. The van der Waals surface area contributed by atoms with Crippen molar-refractivity contribution < 1.29 is 22.7 Å². The second kappa shape index (κ2) is 13.7. The summed E-state index contributed by atoms with van der Waals surface area (Å²) in [5.41, 5.74) is 0.716. The van der Waals surface area contributed by atoms with Gasteiger partial charge >= 0.3 is 0 Å². The molecule has 0 saturated heterocycles. The average Bonchev–Trinajstić information content (AvgIpc) is 2.93. The highest BCUT2D eigenvalue weighted by Crippen LogP contribution is 2.29. The Morgan fingerprint density at radius 1 is 0.923 bits per heavy atom. The van der Waals surface area contributed by atoms with Crippen LogP contribution in [0.1, 0.15) is 25.8 Å². The van der Waals surface area contributed by atoms with Crippen molar-refractivity contribution in [3.8, 4) is 5.75 Å². The Labute approximate surface area is 239 Å². The van der Waals surface area contributed by atoms with Crippen molar-refractivity contribution in [3.05, 3.63) is 88.4 Å². The Balaban J connectivity index is 2.09. The number of sulfonamides is 1. The van der Waals surface area contributed by atoms with E-state index in [1.165, 1.54) is 24.1 Å². The zero-order chi connectivity index (χ0) is 28.6. The first kappa shape index (κ1) is 30.3. The van der Waals surface area contributed by atoms with Crippen molar-refractivity contribution in [1.29, 1.82) is 0 Å². The number of rotatable bonds is 12. The average molecular weight is 593 g/mol. The first-order chi connectivity index (χ1) is 18.6. The Hall–Kier alpha value is -3.27. The zero-order valence-corrected chi connectivity index (χ0v) is 24.3. The van der Waals surface area contributed by atoms with Crippen LogP contribution in [0.15, 0.2) is 77.7 Å². The fraction of sp³-hybridized carbons (Fsp3) is 0.286. The number of hydrogen-bond acceptors (Lipinski definition) is 5. The van der Waals surface area contributed by atoms with E-state index in [1.54, 1.807) is 74.5 Å². The lowest BCUT2D eigenvalue weighted by atomic mass is 10.1. The minimum Gasteiger partial charge on any atom is -0.497 e. The maximum absolute atomic E-state index is 14.0. The van der Waals surface area contributed by atoms with E-state index in [2.05, 4.69) is 5.32 Å². The van der Waals surface area contributed by atoms with Gasteiger partial charge in [-0.25, -0.2) is 8.42 Å². The molecule has 0 bridgehead atoms. The molecular formula is C28H31Cl2N3O5S. The molecule has 8 nitrogen and oxygen atoms in total. The molecule has 0 aliphatic carbocycles. The van der Waals surface area contributed by atoms with Crippen LogP contribution in [0.2, 0.25) is 10.0 Å². The smallest absolute Gasteiger partial charge is 0.264 e. The monoisotopic (exact) mass is 591 g/mol. The number of nitrogens with zero attached hydrogens (tertiary/aromatic N) is 2. The molecule has 0 spiro atoms. The summed E-state index contributed by atoms with van der Waals surface area (Å²) in [6.07, 6.45) is 0.285. The Morgan fingerprint density at radius 3 is 2.08 bits per heavy atom. The van der Waals surface area contributed by atoms with Gasteiger partial charge < -0.3 is 15.0 Å². The Bertz CT molecular complexity index is 1370. The first-order valence-electron chi connectivity index (χ1n) is 12.4. The molecule has 0 unspecified atom stereocenters. The SMILES string of the molecule is CCNC(=O)[C@H](CC)N(Cc1c(Cl)cccc1Cl)C(=O)CN(c1ccc(OC)cc1)S(=O)(=O)c1ccccc1. The molecule has 0 aliphatic heterocycles. The van der Waals surface area contributed by atoms with Crippen molar-refractivity contribution in [2.45, 2.75) is 37.8 Å². The van der Waals surface area contributed by atoms with Gasteiger partial charge in [0.1, 0.15) is 18.3 Å². The van der Waals surface area contributed by atoms with Crippen LogP contribution in [0.5, 0.6) is 5.75 Å². The normalized spacial score (nSPS) is 11.9. The van der Waals surface area contributed by atoms with Gasteiger partial charge in [0.25, 0.3) is 10.0 Å². The second-order valence-electron chi connectivity index (χ2n) is 8.56. The number of halogens is 2. The lowest BCUT2D eigenvalue weighted by Crippen LogP contribution is -2.52. The molecule has 208 valence electrons. The number of carbonyl (C=O) groups excluding carboxylic acids is 2. The summed E-state index contributed by atoms with van der Waals surface area (Å²) >= 11 is 12.8. The largest absolute Gasteiger partial charge is 0.497 e. The standard InChI is InChI=1S/C28H31Cl2N3O5S/c1-4-26(28(35)31-5-2)32(18-23-24(29)12-9-13-25(23)30)27(34)19-33(20-14-16-21(38-3)17-15-20)39(36,37)22-10-7-6-8-11-22/h6-17,26H,4-5,18-19H2,1-3H3,(H,31,35)/t26-/m0/s1. The molecular weight excluding hydrogens is 561 g/mol. The minimum atomic E-state index is -4.16. The summed E-state index contributed by atoms with van der Waals surface area (Å²) in [5, 5.41) is 3.41. The van der Waals surface area contributed by atoms with Crippen LogP contribution >= 0.6 is 23.2 Å². The molecule has 3 aromatic carbocycles. The van der Waals surface area contributed by atoms with Gasteiger partial charge in [0, 0.05) is 28.7 Å². The summed E-state index contributed by atoms with van der Waals surface area (Å²) in [4.78, 5) is 28.3. The van der Waals surface area contributed by atoms with E-state index in [4.69, 9.17) is 27.9 Å². The molecule has 0 radical (unpaired) electrons.